The molecule has 0 amide bonds. The summed E-state index contributed by atoms with van der Waals surface area (Å²) in [5, 5.41) is 9.60. The number of H-pyrrole nitrogens is 1. The van der Waals surface area contributed by atoms with Crippen molar-refractivity contribution in [2.45, 2.75) is 19.9 Å². The third-order valence-electron chi connectivity index (χ3n) is 7.35. The molecule has 228 valence electrons. The van der Waals surface area contributed by atoms with Crippen LogP contribution in [-0.2, 0) is 15.0 Å². The Hall–Kier alpha value is -4.77. The minimum Gasteiger partial charge on any atom is -0.480 e. The molecule has 4 aromatic rings. The third-order valence-corrected chi connectivity index (χ3v) is 8.95. The average Bonchev–Trinajstić information content (AvgIpc) is 3.00. The van der Waals surface area contributed by atoms with E-state index in [9.17, 15) is 32.3 Å². The maximum atomic E-state index is 13.3. The molecule has 11 nitrogen and oxygen atoms in total. The summed E-state index contributed by atoms with van der Waals surface area (Å²) in [5.74, 6) is 4.01. The zero-order valence-electron chi connectivity index (χ0n) is 24.0. The number of nitrogens with zero attached hydrogens (tertiary/aromatic N) is 3. The molecule has 0 radical (unpaired) electrons. The molecule has 1 saturated heterocycles. The van der Waals surface area contributed by atoms with Crippen molar-refractivity contribution >= 4 is 32.8 Å². The van der Waals surface area contributed by atoms with Crippen LogP contribution in [0.4, 0.5) is 10.1 Å². The summed E-state index contributed by atoms with van der Waals surface area (Å²) in [6, 6.07) is 16.2. The van der Waals surface area contributed by atoms with Gasteiger partial charge in [-0.05, 0) is 72.6 Å². The monoisotopic (exact) mass is 619 g/mol. The van der Waals surface area contributed by atoms with Crippen molar-refractivity contribution in [3.63, 3.8) is 0 Å². The van der Waals surface area contributed by atoms with E-state index in [0.717, 1.165) is 15.8 Å². The molecule has 1 aliphatic heterocycles. The molecule has 3 aromatic carbocycles. The highest BCUT2D eigenvalue weighted by Crippen LogP contribution is 2.19. The highest BCUT2D eigenvalue weighted by atomic mass is 32.2. The SMILES string of the molecule is CC(C)[C@@H](NS(=O)(=O)N1CCN(c2ccc(C#Cc3ccc4[nH]c(=O)n(-c5ccc(F)cc5)c(=O)c4c3)cc2)CC1)C(=O)O. The third kappa shape index (κ3) is 6.57. The van der Waals surface area contributed by atoms with Crippen LogP contribution in [0.3, 0.4) is 0 Å². The predicted molar refractivity (Wildman–Crippen MR) is 165 cm³/mol. The van der Waals surface area contributed by atoms with Gasteiger partial charge in [0.15, 0.2) is 0 Å². The number of halogens is 1. The minimum absolute atomic E-state index is 0.206. The second-order valence-corrected chi connectivity index (χ2v) is 12.4. The number of aliphatic carboxylic acids is 1. The number of rotatable bonds is 7. The highest BCUT2D eigenvalue weighted by molar-refractivity contribution is 7.87. The normalized spacial score (nSPS) is 14.8. The summed E-state index contributed by atoms with van der Waals surface area (Å²) in [4.78, 5) is 41.9. The van der Waals surface area contributed by atoms with Crippen molar-refractivity contribution in [3.8, 4) is 17.5 Å². The van der Waals surface area contributed by atoms with Gasteiger partial charge in [-0.15, -0.1) is 0 Å². The number of aromatic nitrogens is 2. The molecule has 1 aliphatic rings. The largest absolute Gasteiger partial charge is 0.480 e. The van der Waals surface area contributed by atoms with E-state index in [4.69, 9.17) is 0 Å². The van der Waals surface area contributed by atoms with Gasteiger partial charge in [-0.2, -0.15) is 17.4 Å². The second kappa shape index (κ2) is 12.5. The van der Waals surface area contributed by atoms with E-state index in [0.29, 0.717) is 24.2 Å². The van der Waals surface area contributed by atoms with Crippen molar-refractivity contribution < 1.29 is 22.7 Å². The van der Waals surface area contributed by atoms with E-state index < -0.39 is 45.2 Å². The van der Waals surface area contributed by atoms with E-state index in [1.54, 1.807) is 32.0 Å². The molecular formula is C31H30FN5O6S. The molecule has 0 aliphatic carbocycles. The van der Waals surface area contributed by atoms with Crippen LogP contribution in [-0.4, -0.2) is 65.6 Å². The Morgan fingerprint density at radius 2 is 1.50 bits per heavy atom. The Morgan fingerprint density at radius 3 is 2.11 bits per heavy atom. The molecular weight excluding hydrogens is 589 g/mol. The zero-order chi connectivity index (χ0) is 31.6. The van der Waals surface area contributed by atoms with Crippen LogP contribution in [0.25, 0.3) is 16.6 Å². The Labute approximate surface area is 252 Å². The first-order chi connectivity index (χ1) is 20.9. The van der Waals surface area contributed by atoms with Gasteiger partial charge in [0, 0.05) is 43.0 Å². The second-order valence-electron chi connectivity index (χ2n) is 10.7. The van der Waals surface area contributed by atoms with Gasteiger partial charge < -0.3 is 15.0 Å². The summed E-state index contributed by atoms with van der Waals surface area (Å²) in [6.07, 6.45) is 0. The number of piperazine rings is 1. The Kier molecular flexibility index (Phi) is 8.68. The molecule has 3 N–H and O–H groups in total. The number of carbonyl (C=O) groups is 1. The lowest BCUT2D eigenvalue weighted by Gasteiger charge is -2.36. The molecule has 0 bridgehead atoms. The zero-order valence-corrected chi connectivity index (χ0v) is 24.8. The maximum Gasteiger partial charge on any atom is 0.333 e. The number of hydrogen-bond donors (Lipinski definition) is 3. The fourth-order valence-corrected chi connectivity index (χ4v) is 6.40. The fourth-order valence-electron chi connectivity index (χ4n) is 4.91. The van der Waals surface area contributed by atoms with Crippen LogP contribution in [0.1, 0.15) is 25.0 Å². The lowest BCUT2D eigenvalue weighted by Crippen LogP contribution is -2.55. The Balaban J connectivity index is 1.28. The number of carboxylic acid groups (broad SMARTS) is 1. The van der Waals surface area contributed by atoms with Crippen molar-refractivity contribution in [1.29, 1.82) is 0 Å². The summed E-state index contributed by atoms with van der Waals surface area (Å²) in [6.45, 7) is 4.56. The Bertz CT molecular complexity index is 1990. The molecule has 0 unspecified atom stereocenters. The van der Waals surface area contributed by atoms with Crippen LogP contribution < -0.4 is 20.9 Å². The van der Waals surface area contributed by atoms with Gasteiger partial charge in [0.1, 0.15) is 11.9 Å². The first-order valence-electron chi connectivity index (χ1n) is 13.9. The van der Waals surface area contributed by atoms with Crippen LogP contribution >= 0.6 is 0 Å². The van der Waals surface area contributed by atoms with Gasteiger partial charge in [-0.1, -0.05) is 25.7 Å². The molecule has 1 fully saturated rings. The van der Waals surface area contributed by atoms with Gasteiger partial charge in [-0.25, -0.2) is 13.8 Å². The number of aromatic amines is 1. The van der Waals surface area contributed by atoms with Crippen molar-refractivity contribution in [2.75, 3.05) is 31.1 Å². The molecule has 2 heterocycles. The molecule has 0 saturated carbocycles. The van der Waals surface area contributed by atoms with Gasteiger partial charge in [0.25, 0.3) is 15.8 Å². The van der Waals surface area contributed by atoms with Gasteiger partial charge >= 0.3 is 11.7 Å². The number of nitrogens with one attached hydrogen (secondary N) is 2. The first kappa shape index (κ1) is 30.7. The van der Waals surface area contributed by atoms with Gasteiger partial charge in [-0.3, -0.25) is 9.59 Å². The quantitative estimate of drug-likeness (QED) is 0.269. The van der Waals surface area contributed by atoms with E-state index in [1.807, 2.05) is 29.2 Å². The number of benzene rings is 3. The van der Waals surface area contributed by atoms with E-state index in [2.05, 4.69) is 21.5 Å². The van der Waals surface area contributed by atoms with E-state index in [-0.39, 0.29) is 24.2 Å². The number of carboxylic acids is 1. The minimum atomic E-state index is -3.95. The maximum absolute atomic E-state index is 13.3. The van der Waals surface area contributed by atoms with Gasteiger partial charge in [0.05, 0.1) is 16.6 Å². The molecule has 13 heteroatoms. The lowest BCUT2D eigenvalue weighted by atomic mass is 10.1. The van der Waals surface area contributed by atoms with Crippen LogP contribution in [0, 0.1) is 23.6 Å². The fraction of sp³-hybridized carbons (Fsp3) is 0.258. The number of anilines is 1. The van der Waals surface area contributed by atoms with E-state index >= 15 is 0 Å². The summed E-state index contributed by atoms with van der Waals surface area (Å²) >= 11 is 0. The molecule has 5 rings (SSSR count). The van der Waals surface area contributed by atoms with E-state index in [1.165, 1.54) is 28.6 Å². The summed E-state index contributed by atoms with van der Waals surface area (Å²) in [5.41, 5.74) is 1.59. The van der Waals surface area contributed by atoms with Crippen molar-refractivity contribution in [2.24, 2.45) is 5.92 Å². The molecule has 0 spiro atoms. The summed E-state index contributed by atoms with van der Waals surface area (Å²) in [7, 11) is -3.95. The number of hydrogen-bond acceptors (Lipinski definition) is 6. The summed E-state index contributed by atoms with van der Waals surface area (Å²) < 4.78 is 43.4. The van der Waals surface area contributed by atoms with Crippen LogP contribution in [0.5, 0.6) is 0 Å². The smallest absolute Gasteiger partial charge is 0.333 e. The van der Waals surface area contributed by atoms with Gasteiger partial charge in [0.2, 0.25) is 0 Å². The standard InChI is InChI=1S/C31H30FN5O6S/c1-20(2)28(30(39)40)34-44(42,43)36-17-15-35(16-18-36)24-10-5-21(6-11-24)3-4-22-7-14-27-26(19-22)29(38)37(31(41)33-27)25-12-8-23(32)9-13-25/h5-14,19-20,28,34H,15-18H2,1-2H3,(H,33,41)(H,39,40)/t28-/m1/s1. The topological polar surface area (TPSA) is 145 Å². The number of fused-ring (bicyclic) bond motifs is 1. The van der Waals surface area contributed by atoms with Crippen molar-refractivity contribution in [1.82, 2.24) is 18.6 Å². The lowest BCUT2D eigenvalue weighted by molar-refractivity contribution is -0.140. The highest BCUT2D eigenvalue weighted by Gasteiger charge is 2.33. The van der Waals surface area contributed by atoms with Crippen LogP contribution in [0.15, 0.2) is 76.3 Å². The van der Waals surface area contributed by atoms with Crippen molar-refractivity contribution in [3.05, 3.63) is 105 Å². The average molecular weight is 620 g/mol. The molecule has 1 atom stereocenters. The molecule has 44 heavy (non-hydrogen) atoms. The predicted octanol–water partition coefficient (Wildman–Crippen LogP) is 2.28. The first-order valence-corrected chi connectivity index (χ1v) is 15.3. The molecule has 1 aromatic heterocycles. The van der Waals surface area contributed by atoms with Crippen LogP contribution in [0.2, 0.25) is 0 Å². The Morgan fingerprint density at radius 1 is 0.909 bits per heavy atom.